The van der Waals surface area contributed by atoms with Gasteiger partial charge >= 0.3 is 0 Å². The number of halogens is 1. The summed E-state index contributed by atoms with van der Waals surface area (Å²) in [5.74, 6) is -0.0228. The van der Waals surface area contributed by atoms with Crippen LogP contribution >= 0.6 is 11.6 Å². The van der Waals surface area contributed by atoms with Gasteiger partial charge < -0.3 is 9.97 Å². The quantitative estimate of drug-likeness (QED) is 0.524. The fourth-order valence-electron chi connectivity index (χ4n) is 2.58. The van der Waals surface area contributed by atoms with Gasteiger partial charge in [-0.2, -0.15) is 0 Å². The highest BCUT2D eigenvalue weighted by atomic mass is 35.5. The number of carbonyl (C=O) groups is 1. The van der Waals surface area contributed by atoms with E-state index in [1.165, 1.54) is 0 Å². The van der Waals surface area contributed by atoms with Crippen LogP contribution in [0.25, 0.3) is 21.8 Å². The summed E-state index contributed by atoms with van der Waals surface area (Å²) in [6.07, 6.45) is 1.86. The summed E-state index contributed by atoms with van der Waals surface area (Å²) in [5.41, 5.74) is 3.17. The summed E-state index contributed by atoms with van der Waals surface area (Å²) in [7, 11) is 0. The number of aromatic nitrogens is 2. The molecule has 0 unspecified atom stereocenters. The molecule has 0 bridgehead atoms. The molecule has 4 rings (SSSR count). The second-order valence-corrected chi connectivity index (χ2v) is 5.46. The summed E-state index contributed by atoms with van der Waals surface area (Å²) >= 11 is 5.98. The molecule has 0 radical (unpaired) electrons. The molecule has 0 atom stereocenters. The monoisotopic (exact) mass is 294 g/mol. The number of hydrogen-bond acceptors (Lipinski definition) is 1. The van der Waals surface area contributed by atoms with E-state index in [0.717, 1.165) is 21.8 Å². The minimum atomic E-state index is -0.0228. The summed E-state index contributed by atoms with van der Waals surface area (Å²) in [5, 5.41) is 2.63. The second-order valence-electron chi connectivity index (χ2n) is 5.02. The number of fused-ring (bicyclic) bond motifs is 2. The smallest absolute Gasteiger partial charge is 0.209 e. The Morgan fingerprint density at radius 2 is 1.76 bits per heavy atom. The molecule has 4 aromatic rings. The van der Waals surface area contributed by atoms with Gasteiger partial charge in [0.1, 0.15) is 0 Å². The maximum Gasteiger partial charge on any atom is 0.209 e. The largest absolute Gasteiger partial charge is 0.361 e. The molecule has 2 N–H and O–H groups in total. The van der Waals surface area contributed by atoms with Crippen molar-refractivity contribution in [1.29, 1.82) is 0 Å². The third-order valence-electron chi connectivity index (χ3n) is 3.64. The Morgan fingerprint density at radius 3 is 2.67 bits per heavy atom. The third-order valence-corrected chi connectivity index (χ3v) is 3.88. The number of nitrogens with one attached hydrogen (secondary N) is 2. The fourth-order valence-corrected chi connectivity index (χ4v) is 2.76. The van der Waals surface area contributed by atoms with Crippen LogP contribution in [0.1, 0.15) is 16.1 Å². The van der Waals surface area contributed by atoms with Crippen molar-refractivity contribution in [2.45, 2.75) is 0 Å². The highest BCUT2D eigenvalue weighted by molar-refractivity contribution is 6.31. The molecule has 0 aliphatic carbocycles. The van der Waals surface area contributed by atoms with E-state index < -0.39 is 0 Å². The van der Waals surface area contributed by atoms with Crippen molar-refractivity contribution in [2.24, 2.45) is 0 Å². The molecule has 0 aliphatic rings. The molecular formula is C17H11ClN2O. The first-order valence-corrected chi connectivity index (χ1v) is 6.99. The molecule has 0 saturated heterocycles. The Kier molecular flexibility index (Phi) is 2.62. The Bertz CT molecular complexity index is 981. The lowest BCUT2D eigenvalue weighted by Gasteiger charge is -1.99. The van der Waals surface area contributed by atoms with Gasteiger partial charge in [-0.05, 0) is 48.5 Å². The number of hydrogen-bond donors (Lipinski definition) is 2. The number of carbonyl (C=O) groups excluding carboxylic acids is 1. The van der Waals surface area contributed by atoms with E-state index >= 15 is 0 Å². The minimum Gasteiger partial charge on any atom is -0.361 e. The van der Waals surface area contributed by atoms with Crippen molar-refractivity contribution in [2.75, 3.05) is 0 Å². The zero-order valence-electron chi connectivity index (χ0n) is 11.0. The first kappa shape index (κ1) is 12.2. The molecule has 102 valence electrons. The van der Waals surface area contributed by atoms with Crippen LogP contribution in [0.2, 0.25) is 5.02 Å². The maximum atomic E-state index is 12.6. The molecule has 21 heavy (non-hydrogen) atoms. The molecule has 0 saturated carbocycles. The SMILES string of the molecule is O=C(c1ccc2[nH]ccc2c1)c1cc2cc(Cl)ccc2[nH]1. The van der Waals surface area contributed by atoms with Crippen LogP contribution in [0.15, 0.2) is 54.7 Å². The number of rotatable bonds is 2. The average molecular weight is 295 g/mol. The number of H-pyrrole nitrogens is 2. The van der Waals surface area contributed by atoms with Gasteiger partial charge in [-0.15, -0.1) is 0 Å². The molecule has 0 spiro atoms. The highest BCUT2D eigenvalue weighted by Crippen LogP contribution is 2.22. The van der Waals surface area contributed by atoms with Crippen molar-refractivity contribution >= 4 is 39.2 Å². The summed E-state index contributed by atoms with van der Waals surface area (Å²) < 4.78 is 0. The van der Waals surface area contributed by atoms with E-state index in [0.29, 0.717) is 16.3 Å². The van der Waals surface area contributed by atoms with E-state index in [4.69, 9.17) is 11.6 Å². The standard InChI is InChI=1S/C17H11ClN2O/c18-13-2-4-15-12(8-13)9-16(20-15)17(21)11-1-3-14-10(7-11)5-6-19-14/h1-9,19-20H. The van der Waals surface area contributed by atoms with E-state index in [1.54, 1.807) is 6.07 Å². The summed E-state index contributed by atoms with van der Waals surface area (Å²) in [6.45, 7) is 0. The molecule has 0 amide bonds. The number of ketones is 1. The fraction of sp³-hybridized carbons (Fsp3) is 0. The highest BCUT2D eigenvalue weighted by Gasteiger charge is 2.13. The Labute approximate surface area is 125 Å². The zero-order valence-corrected chi connectivity index (χ0v) is 11.7. The van der Waals surface area contributed by atoms with Crippen LogP contribution in [-0.4, -0.2) is 15.8 Å². The predicted octanol–water partition coefficient (Wildman–Crippen LogP) is 4.53. The maximum absolute atomic E-state index is 12.6. The molecular weight excluding hydrogens is 284 g/mol. The lowest BCUT2D eigenvalue weighted by Crippen LogP contribution is -2.01. The van der Waals surface area contributed by atoms with Crippen LogP contribution < -0.4 is 0 Å². The van der Waals surface area contributed by atoms with E-state index in [1.807, 2.05) is 48.7 Å². The molecule has 2 aromatic heterocycles. The van der Waals surface area contributed by atoms with E-state index in [2.05, 4.69) is 9.97 Å². The second kappa shape index (κ2) is 4.50. The van der Waals surface area contributed by atoms with Gasteiger partial charge in [0, 0.05) is 38.6 Å². The Balaban J connectivity index is 1.81. The Morgan fingerprint density at radius 1 is 0.905 bits per heavy atom. The zero-order chi connectivity index (χ0) is 14.4. The van der Waals surface area contributed by atoms with Crippen molar-refractivity contribution in [3.05, 3.63) is 71.0 Å². The molecule has 0 aliphatic heterocycles. The first-order valence-electron chi connectivity index (χ1n) is 6.61. The van der Waals surface area contributed by atoms with Gasteiger partial charge in [0.15, 0.2) is 0 Å². The number of aromatic amines is 2. The molecule has 3 nitrogen and oxygen atoms in total. The van der Waals surface area contributed by atoms with Gasteiger partial charge in [-0.3, -0.25) is 4.79 Å². The van der Waals surface area contributed by atoms with Crippen LogP contribution in [0.3, 0.4) is 0 Å². The normalized spacial score (nSPS) is 11.3. The van der Waals surface area contributed by atoms with Crippen molar-refractivity contribution in [3.8, 4) is 0 Å². The molecule has 2 aromatic carbocycles. The average Bonchev–Trinajstić information content (AvgIpc) is 3.11. The molecule has 2 heterocycles. The first-order chi connectivity index (χ1) is 10.2. The van der Waals surface area contributed by atoms with Crippen LogP contribution in [0.4, 0.5) is 0 Å². The van der Waals surface area contributed by atoms with Crippen molar-refractivity contribution in [3.63, 3.8) is 0 Å². The lowest BCUT2D eigenvalue weighted by molar-refractivity contribution is 0.103. The molecule has 4 heteroatoms. The van der Waals surface area contributed by atoms with Gasteiger partial charge in [0.05, 0.1) is 5.69 Å². The molecule has 0 fully saturated rings. The summed E-state index contributed by atoms with van der Waals surface area (Å²) in [4.78, 5) is 18.9. The Hall–Kier alpha value is -2.52. The lowest BCUT2D eigenvalue weighted by atomic mass is 10.1. The van der Waals surface area contributed by atoms with Crippen LogP contribution in [0.5, 0.6) is 0 Å². The van der Waals surface area contributed by atoms with E-state index in [9.17, 15) is 4.79 Å². The van der Waals surface area contributed by atoms with E-state index in [-0.39, 0.29) is 5.78 Å². The van der Waals surface area contributed by atoms with Gasteiger partial charge in [0.2, 0.25) is 5.78 Å². The topological polar surface area (TPSA) is 48.6 Å². The van der Waals surface area contributed by atoms with Gasteiger partial charge in [0.25, 0.3) is 0 Å². The minimum absolute atomic E-state index is 0.0228. The van der Waals surface area contributed by atoms with Crippen molar-refractivity contribution in [1.82, 2.24) is 9.97 Å². The van der Waals surface area contributed by atoms with Crippen molar-refractivity contribution < 1.29 is 4.79 Å². The number of benzene rings is 2. The predicted molar refractivity (Wildman–Crippen MR) is 85.0 cm³/mol. The van der Waals surface area contributed by atoms with Gasteiger partial charge in [-0.25, -0.2) is 0 Å². The van der Waals surface area contributed by atoms with Crippen LogP contribution in [0, 0.1) is 0 Å². The van der Waals surface area contributed by atoms with Gasteiger partial charge in [-0.1, -0.05) is 11.6 Å². The van der Waals surface area contributed by atoms with Crippen LogP contribution in [-0.2, 0) is 0 Å². The third kappa shape index (κ3) is 2.03. The summed E-state index contributed by atoms with van der Waals surface area (Å²) in [6, 6.07) is 15.0.